The number of nitrogens with zero attached hydrogens (tertiary/aromatic N) is 3. The van der Waals surface area contributed by atoms with Crippen molar-refractivity contribution in [2.75, 3.05) is 0 Å². The van der Waals surface area contributed by atoms with Gasteiger partial charge >= 0.3 is 5.97 Å². The van der Waals surface area contributed by atoms with Crippen LogP contribution in [0.3, 0.4) is 0 Å². The first-order valence-electron chi connectivity index (χ1n) is 5.68. The number of carbonyl (C=O) groups is 1. The average molecular weight is 289 g/mol. The summed E-state index contributed by atoms with van der Waals surface area (Å²) in [6.07, 6.45) is 1.06. The molecule has 0 aliphatic carbocycles. The van der Waals surface area contributed by atoms with Crippen LogP contribution in [0.5, 0.6) is 0 Å². The minimum Gasteiger partial charge on any atom is -0.477 e. The predicted molar refractivity (Wildman–Crippen MR) is 68.3 cm³/mol. The highest BCUT2D eigenvalue weighted by Gasteiger charge is 2.19. The van der Waals surface area contributed by atoms with Gasteiger partial charge in [-0.2, -0.15) is 5.26 Å². The molecule has 0 saturated heterocycles. The number of hydrogen-bond acceptors (Lipinski definition) is 4. The van der Waals surface area contributed by atoms with Gasteiger partial charge in [-0.25, -0.2) is 9.18 Å². The molecule has 2 rings (SSSR count). The van der Waals surface area contributed by atoms with E-state index in [2.05, 4.69) is 0 Å². The number of carboxylic acid groups (broad SMARTS) is 1. The van der Waals surface area contributed by atoms with E-state index in [0.717, 1.165) is 29.0 Å². The van der Waals surface area contributed by atoms with E-state index in [1.165, 1.54) is 6.07 Å². The number of nitro groups is 1. The Kier molecular flexibility index (Phi) is 3.67. The molecule has 1 aromatic carbocycles. The van der Waals surface area contributed by atoms with Crippen molar-refractivity contribution in [1.29, 1.82) is 5.26 Å². The van der Waals surface area contributed by atoms with E-state index in [0.29, 0.717) is 5.56 Å². The third-order valence-electron chi connectivity index (χ3n) is 2.85. The minimum atomic E-state index is -1.33. The van der Waals surface area contributed by atoms with Crippen LogP contribution in [0.1, 0.15) is 21.6 Å². The van der Waals surface area contributed by atoms with E-state index in [1.807, 2.05) is 0 Å². The molecule has 0 aliphatic heterocycles. The number of hydrogen-bond donors (Lipinski definition) is 1. The lowest BCUT2D eigenvalue weighted by Gasteiger charge is -2.07. The molecule has 1 N–H and O–H groups in total. The van der Waals surface area contributed by atoms with Gasteiger partial charge in [0.1, 0.15) is 11.5 Å². The molecule has 106 valence electrons. The second-order valence-corrected chi connectivity index (χ2v) is 4.19. The molecule has 2 aromatic rings. The highest BCUT2D eigenvalue weighted by Crippen LogP contribution is 2.20. The molecule has 0 radical (unpaired) electrons. The van der Waals surface area contributed by atoms with Crippen LogP contribution in [-0.2, 0) is 6.54 Å². The van der Waals surface area contributed by atoms with E-state index in [-0.39, 0.29) is 23.5 Å². The van der Waals surface area contributed by atoms with Gasteiger partial charge in [0.05, 0.1) is 22.8 Å². The number of aromatic nitrogens is 1. The fourth-order valence-corrected chi connectivity index (χ4v) is 1.88. The predicted octanol–water partition coefficient (Wildman–Crippen LogP) is 2.15. The molecule has 0 aliphatic rings. The van der Waals surface area contributed by atoms with Crippen LogP contribution < -0.4 is 0 Å². The number of benzene rings is 1. The highest BCUT2D eigenvalue weighted by molar-refractivity contribution is 5.87. The first kappa shape index (κ1) is 14.2. The Morgan fingerprint density at radius 1 is 1.48 bits per heavy atom. The number of aromatic carboxylic acids is 1. The first-order chi connectivity index (χ1) is 9.92. The highest BCUT2D eigenvalue weighted by atomic mass is 19.1. The Morgan fingerprint density at radius 2 is 2.19 bits per heavy atom. The molecule has 1 heterocycles. The molecular formula is C13H8FN3O4. The van der Waals surface area contributed by atoms with Crippen molar-refractivity contribution >= 4 is 11.7 Å². The molecule has 0 amide bonds. The molecular weight excluding hydrogens is 281 g/mol. The van der Waals surface area contributed by atoms with Crippen molar-refractivity contribution in [3.05, 3.63) is 63.2 Å². The molecule has 7 nitrogen and oxygen atoms in total. The number of carboxylic acids is 1. The first-order valence-corrected chi connectivity index (χ1v) is 5.68. The molecule has 0 spiro atoms. The Balaban J connectivity index is 2.46. The Hall–Kier alpha value is -3.21. The Labute approximate surface area is 117 Å². The lowest BCUT2D eigenvalue weighted by molar-refractivity contribution is -0.384. The third-order valence-corrected chi connectivity index (χ3v) is 2.85. The largest absolute Gasteiger partial charge is 0.477 e. The van der Waals surface area contributed by atoms with Crippen LogP contribution in [0.25, 0.3) is 0 Å². The number of nitriles is 1. The fraction of sp³-hybridized carbons (Fsp3) is 0.0769. The Morgan fingerprint density at radius 3 is 2.76 bits per heavy atom. The maximum Gasteiger partial charge on any atom is 0.352 e. The molecule has 0 fully saturated rings. The minimum absolute atomic E-state index is 0.0442. The van der Waals surface area contributed by atoms with Gasteiger partial charge in [-0.15, -0.1) is 0 Å². The van der Waals surface area contributed by atoms with Crippen molar-refractivity contribution in [2.45, 2.75) is 6.54 Å². The number of halogens is 1. The van der Waals surface area contributed by atoms with Crippen molar-refractivity contribution < 1.29 is 19.2 Å². The second-order valence-electron chi connectivity index (χ2n) is 4.19. The molecule has 8 heteroatoms. The maximum atomic E-state index is 13.0. The molecule has 0 unspecified atom stereocenters. The molecule has 0 atom stereocenters. The quantitative estimate of drug-likeness (QED) is 0.685. The van der Waals surface area contributed by atoms with Crippen LogP contribution >= 0.6 is 0 Å². The summed E-state index contributed by atoms with van der Waals surface area (Å²) in [7, 11) is 0. The topological polar surface area (TPSA) is 109 Å². The summed E-state index contributed by atoms with van der Waals surface area (Å²) in [6, 6.07) is 6.22. The van der Waals surface area contributed by atoms with Gasteiger partial charge in [-0.05, 0) is 17.7 Å². The van der Waals surface area contributed by atoms with Crippen LogP contribution in [-0.4, -0.2) is 20.6 Å². The summed E-state index contributed by atoms with van der Waals surface area (Å²) in [5, 5.41) is 28.7. The van der Waals surface area contributed by atoms with Crippen LogP contribution in [0.2, 0.25) is 0 Å². The van der Waals surface area contributed by atoms with E-state index in [4.69, 9.17) is 10.4 Å². The zero-order valence-corrected chi connectivity index (χ0v) is 10.5. The Bertz CT molecular complexity index is 776. The molecule has 0 bridgehead atoms. The van der Waals surface area contributed by atoms with Crippen LogP contribution in [0, 0.1) is 27.3 Å². The van der Waals surface area contributed by atoms with Crippen molar-refractivity contribution in [2.24, 2.45) is 0 Å². The van der Waals surface area contributed by atoms with Gasteiger partial charge < -0.3 is 9.67 Å². The van der Waals surface area contributed by atoms with Gasteiger partial charge in [-0.3, -0.25) is 10.1 Å². The fourth-order valence-electron chi connectivity index (χ4n) is 1.88. The lowest BCUT2D eigenvalue weighted by atomic mass is 10.1. The van der Waals surface area contributed by atoms with Crippen molar-refractivity contribution in [3.63, 3.8) is 0 Å². The molecule has 1 aromatic heterocycles. The van der Waals surface area contributed by atoms with Crippen molar-refractivity contribution in [1.82, 2.24) is 4.57 Å². The van der Waals surface area contributed by atoms with E-state index >= 15 is 0 Å². The molecule has 0 saturated carbocycles. The normalized spacial score (nSPS) is 10.1. The van der Waals surface area contributed by atoms with E-state index < -0.39 is 16.7 Å². The van der Waals surface area contributed by atoms with Gasteiger partial charge in [0.25, 0.3) is 5.69 Å². The van der Waals surface area contributed by atoms with E-state index in [9.17, 15) is 19.3 Å². The monoisotopic (exact) mass is 289 g/mol. The van der Waals surface area contributed by atoms with Gasteiger partial charge in [-0.1, -0.05) is 6.07 Å². The van der Waals surface area contributed by atoms with Gasteiger partial charge in [0.15, 0.2) is 0 Å². The van der Waals surface area contributed by atoms with Gasteiger partial charge in [0.2, 0.25) is 0 Å². The smallest absolute Gasteiger partial charge is 0.352 e. The zero-order chi connectivity index (χ0) is 15.6. The van der Waals surface area contributed by atoms with Gasteiger partial charge in [0, 0.05) is 12.6 Å². The summed E-state index contributed by atoms with van der Waals surface area (Å²) in [5.74, 6) is -1.92. The lowest BCUT2D eigenvalue weighted by Crippen LogP contribution is -2.09. The van der Waals surface area contributed by atoms with E-state index in [1.54, 1.807) is 6.07 Å². The standard InChI is InChI=1S/C13H8FN3O4/c14-10-2-1-8(9(3-10)5-15)6-16-7-11(17(20)21)4-12(16)13(18)19/h1-4,7H,6H2,(H,18,19). The summed E-state index contributed by atoms with van der Waals surface area (Å²) >= 11 is 0. The second kappa shape index (κ2) is 5.42. The summed E-state index contributed by atoms with van der Waals surface area (Å²) in [5.41, 5.74) is -0.238. The third kappa shape index (κ3) is 2.87. The van der Waals surface area contributed by atoms with Crippen molar-refractivity contribution in [3.8, 4) is 6.07 Å². The summed E-state index contributed by atoms with van der Waals surface area (Å²) in [6.45, 7) is -0.0847. The summed E-state index contributed by atoms with van der Waals surface area (Å²) < 4.78 is 14.2. The maximum absolute atomic E-state index is 13.0. The molecule has 21 heavy (non-hydrogen) atoms. The summed E-state index contributed by atoms with van der Waals surface area (Å²) in [4.78, 5) is 21.1. The zero-order valence-electron chi connectivity index (χ0n) is 10.5. The number of rotatable bonds is 4. The van der Waals surface area contributed by atoms with Crippen LogP contribution in [0.15, 0.2) is 30.5 Å². The van der Waals surface area contributed by atoms with Crippen LogP contribution in [0.4, 0.5) is 10.1 Å². The SMILES string of the molecule is N#Cc1cc(F)ccc1Cn1cc([N+](=O)[O-])cc1C(=O)O. The average Bonchev–Trinajstić information content (AvgIpc) is 2.85.